The molecule has 0 radical (unpaired) electrons. The summed E-state index contributed by atoms with van der Waals surface area (Å²) in [5, 5.41) is 2.73. The van der Waals surface area contributed by atoms with Crippen LogP contribution in [0.3, 0.4) is 0 Å². The van der Waals surface area contributed by atoms with Crippen LogP contribution in [0.1, 0.15) is 19.8 Å². The van der Waals surface area contributed by atoms with Crippen molar-refractivity contribution in [3.05, 3.63) is 22.4 Å². The Labute approximate surface area is 127 Å². The number of hydrogen-bond donors (Lipinski definition) is 2. The minimum Gasteiger partial charge on any atom is -0.356 e. The second kappa shape index (κ2) is 7.78. The largest absolute Gasteiger partial charge is 0.356 e. The van der Waals surface area contributed by atoms with Crippen molar-refractivity contribution < 1.29 is 13.2 Å². The maximum absolute atomic E-state index is 11.9. The number of sulfonamides is 1. The lowest BCUT2D eigenvalue weighted by atomic mass is 10.4. The number of nitrogens with one attached hydrogen (secondary N) is 2. The molecule has 6 nitrogen and oxygen atoms in total. The number of rotatable bonds is 7. The van der Waals surface area contributed by atoms with Crippen LogP contribution in [0.2, 0.25) is 10.2 Å². The molecular weight excluding hydrogens is 325 g/mol. The Morgan fingerprint density at radius 2 is 2.05 bits per heavy atom. The first-order valence-electron chi connectivity index (χ1n) is 5.94. The summed E-state index contributed by atoms with van der Waals surface area (Å²) < 4.78 is 26.1. The molecule has 0 aromatic carbocycles. The zero-order valence-corrected chi connectivity index (χ0v) is 13.1. The van der Waals surface area contributed by atoms with Crippen molar-refractivity contribution in [2.75, 3.05) is 13.1 Å². The predicted molar refractivity (Wildman–Crippen MR) is 77.4 cm³/mol. The first-order valence-corrected chi connectivity index (χ1v) is 8.18. The van der Waals surface area contributed by atoms with Gasteiger partial charge in [-0.2, -0.15) is 0 Å². The molecule has 0 spiro atoms. The minimum absolute atomic E-state index is 0.00186. The van der Waals surface area contributed by atoms with Crippen LogP contribution in [0.25, 0.3) is 0 Å². The second-order valence-electron chi connectivity index (χ2n) is 3.94. The number of hydrogen-bond acceptors (Lipinski definition) is 4. The minimum atomic E-state index is -3.75. The molecule has 20 heavy (non-hydrogen) atoms. The number of amides is 1. The van der Waals surface area contributed by atoms with E-state index in [0.717, 1.165) is 12.6 Å². The highest BCUT2D eigenvalue weighted by atomic mass is 35.5. The van der Waals surface area contributed by atoms with Gasteiger partial charge in [0.1, 0.15) is 10.0 Å². The molecule has 0 aliphatic carbocycles. The van der Waals surface area contributed by atoms with Gasteiger partial charge in [0.05, 0.1) is 5.02 Å². The fraction of sp³-hybridized carbons (Fsp3) is 0.455. The maximum atomic E-state index is 11.9. The van der Waals surface area contributed by atoms with Crippen molar-refractivity contribution in [2.24, 2.45) is 0 Å². The standard InChI is InChI=1S/C11H15Cl2N3O3S/c1-2-4-14-10(17)3-5-16-20(18,19)8-6-9(12)11(13)15-7-8/h6-7,16H,2-5H2,1H3,(H,14,17). The number of pyridine rings is 1. The van der Waals surface area contributed by atoms with Gasteiger partial charge in [0.2, 0.25) is 15.9 Å². The molecule has 0 fully saturated rings. The van der Waals surface area contributed by atoms with Crippen LogP contribution in [0.4, 0.5) is 0 Å². The van der Waals surface area contributed by atoms with Crippen LogP contribution >= 0.6 is 23.2 Å². The average molecular weight is 340 g/mol. The number of nitrogens with zero attached hydrogens (tertiary/aromatic N) is 1. The van der Waals surface area contributed by atoms with Crippen molar-refractivity contribution >= 4 is 39.1 Å². The number of halogens is 2. The average Bonchev–Trinajstić information content (AvgIpc) is 2.39. The van der Waals surface area contributed by atoms with E-state index < -0.39 is 10.0 Å². The summed E-state index contributed by atoms with van der Waals surface area (Å²) in [5.41, 5.74) is 0. The molecule has 112 valence electrons. The molecule has 0 saturated heterocycles. The summed E-state index contributed by atoms with van der Waals surface area (Å²) in [6.45, 7) is 2.50. The van der Waals surface area contributed by atoms with Crippen molar-refractivity contribution in [3.63, 3.8) is 0 Å². The first kappa shape index (κ1) is 17.2. The van der Waals surface area contributed by atoms with E-state index in [1.165, 1.54) is 6.07 Å². The second-order valence-corrected chi connectivity index (χ2v) is 6.47. The Bertz CT molecular complexity index is 578. The highest BCUT2D eigenvalue weighted by Gasteiger charge is 2.16. The van der Waals surface area contributed by atoms with Crippen molar-refractivity contribution in [3.8, 4) is 0 Å². The van der Waals surface area contributed by atoms with E-state index in [2.05, 4.69) is 15.0 Å². The Kier molecular flexibility index (Phi) is 6.67. The normalized spacial score (nSPS) is 11.3. The van der Waals surface area contributed by atoms with E-state index in [-0.39, 0.29) is 33.9 Å². The van der Waals surface area contributed by atoms with Gasteiger partial charge in [-0.05, 0) is 12.5 Å². The van der Waals surface area contributed by atoms with Crippen LogP contribution in [0.5, 0.6) is 0 Å². The van der Waals surface area contributed by atoms with E-state index in [1.54, 1.807) is 0 Å². The Balaban J connectivity index is 2.57. The van der Waals surface area contributed by atoms with Gasteiger partial charge in [-0.25, -0.2) is 18.1 Å². The topological polar surface area (TPSA) is 88.2 Å². The molecule has 0 aliphatic heterocycles. The molecule has 0 bridgehead atoms. The van der Waals surface area contributed by atoms with Gasteiger partial charge in [0.15, 0.2) is 0 Å². The van der Waals surface area contributed by atoms with Crippen molar-refractivity contribution in [2.45, 2.75) is 24.7 Å². The van der Waals surface area contributed by atoms with E-state index in [9.17, 15) is 13.2 Å². The van der Waals surface area contributed by atoms with E-state index in [1.807, 2.05) is 6.92 Å². The van der Waals surface area contributed by atoms with Gasteiger partial charge in [0, 0.05) is 25.7 Å². The maximum Gasteiger partial charge on any atom is 0.242 e. The highest BCUT2D eigenvalue weighted by molar-refractivity contribution is 7.89. The van der Waals surface area contributed by atoms with Gasteiger partial charge < -0.3 is 5.32 Å². The zero-order chi connectivity index (χ0) is 15.2. The monoisotopic (exact) mass is 339 g/mol. The van der Waals surface area contributed by atoms with Crippen LogP contribution < -0.4 is 10.0 Å². The third-order valence-corrected chi connectivity index (χ3v) is 4.41. The predicted octanol–water partition coefficient (Wildman–Crippen LogP) is 1.58. The summed E-state index contributed by atoms with van der Waals surface area (Å²) >= 11 is 11.3. The van der Waals surface area contributed by atoms with Crippen molar-refractivity contribution in [1.82, 2.24) is 15.0 Å². The molecule has 1 rings (SSSR count). The molecule has 0 saturated carbocycles. The van der Waals surface area contributed by atoms with Gasteiger partial charge >= 0.3 is 0 Å². The number of carbonyl (C=O) groups is 1. The van der Waals surface area contributed by atoms with Crippen LogP contribution in [0, 0.1) is 0 Å². The van der Waals surface area contributed by atoms with E-state index >= 15 is 0 Å². The fourth-order valence-corrected chi connectivity index (χ4v) is 2.62. The lowest BCUT2D eigenvalue weighted by Gasteiger charge is -2.07. The van der Waals surface area contributed by atoms with Gasteiger partial charge in [-0.1, -0.05) is 30.1 Å². The molecule has 1 aromatic rings. The molecule has 2 N–H and O–H groups in total. The fourth-order valence-electron chi connectivity index (χ4n) is 1.29. The van der Waals surface area contributed by atoms with Crippen molar-refractivity contribution in [1.29, 1.82) is 0 Å². The molecule has 0 aliphatic rings. The van der Waals surface area contributed by atoms with E-state index in [0.29, 0.717) is 6.54 Å². The third kappa shape index (κ3) is 5.24. The molecule has 0 atom stereocenters. The lowest BCUT2D eigenvalue weighted by Crippen LogP contribution is -2.31. The Hall–Kier alpha value is -0.890. The summed E-state index contributed by atoms with van der Waals surface area (Å²) in [5.74, 6) is -0.207. The molecular formula is C11H15Cl2N3O3S. The molecule has 1 heterocycles. The van der Waals surface area contributed by atoms with Gasteiger partial charge in [0.25, 0.3) is 0 Å². The van der Waals surface area contributed by atoms with Crippen LogP contribution in [-0.4, -0.2) is 32.4 Å². The SMILES string of the molecule is CCCNC(=O)CCNS(=O)(=O)c1cnc(Cl)c(Cl)c1. The lowest BCUT2D eigenvalue weighted by molar-refractivity contribution is -0.120. The van der Waals surface area contributed by atoms with Gasteiger partial charge in [-0.3, -0.25) is 4.79 Å². The smallest absolute Gasteiger partial charge is 0.242 e. The third-order valence-electron chi connectivity index (χ3n) is 2.30. The molecule has 0 unspecified atom stereocenters. The van der Waals surface area contributed by atoms with E-state index in [4.69, 9.17) is 23.2 Å². The summed E-state index contributed by atoms with van der Waals surface area (Å²) in [6.07, 6.45) is 1.99. The zero-order valence-electron chi connectivity index (χ0n) is 10.8. The quantitative estimate of drug-likeness (QED) is 0.738. The number of aromatic nitrogens is 1. The summed E-state index contributed by atoms with van der Waals surface area (Å²) in [4.78, 5) is 14.9. The molecule has 1 amide bonds. The molecule has 1 aromatic heterocycles. The first-order chi connectivity index (χ1) is 9.36. The molecule has 9 heteroatoms. The van der Waals surface area contributed by atoms with Gasteiger partial charge in [-0.15, -0.1) is 0 Å². The Morgan fingerprint density at radius 3 is 2.65 bits per heavy atom. The summed E-state index contributed by atoms with van der Waals surface area (Å²) in [6, 6.07) is 1.20. The summed E-state index contributed by atoms with van der Waals surface area (Å²) in [7, 11) is -3.75. The van der Waals surface area contributed by atoms with Crippen LogP contribution in [0.15, 0.2) is 17.2 Å². The number of carbonyl (C=O) groups excluding carboxylic acids is 1. The van der Waals surface area contributed by atoms with Crippen LogP contribution in [-0.2, 0) is 14.8 Å². The highest BCUT2D eigenvalue weighted by Crippen LogP contribution is 2.21. The Morgan fingerprint density at radius 1 is 1.35 bits per heavy atom.